The first kappa shape index (κ1) is 21.0. The summed E-state index contributed by atoms with van der Waals surface area (Å²) in [6.07, 6.45) is 0. The van der Waals surface area contributed by atoms with E-state index in [1.54, 1.807) is 42.5 Å². The van der Waals surface area contributed by atoms with Crippen LogP contribution in [0.25, 0.3) is 22.6 Å². The molecule has 158 valence electrons. The molecular formula is C22H16ClFN2O4S. The van der Waals surface area contributed by atoms with Crippen LogP contribution in [0.4, 0.5) is 4.39 Å². The van der Waals surface area contributed by atoms with E-state index < -0.39 is 15.8 Å². The van der Waals surface area contributed by atoms with Gasteiger partial charge >= 0.3 is 0 Å². The molecule has 2 N–H and O–H groups in total. The van der Waals surface area contributed by atoms with Gasteiger partial charge in [0.1, 0.15) is 17.3 Å². The number of oxazole rings is 1. The second kappa shape index (κ2) is 8.50. The molecular weight excluding hydrogens is 443 g/mol. The number of ether oxygens (including phenoxy) is 1. The zero-order chi connectivity index (χ0) is 22.0. The first-order chi connectivity index (χ1) is 14.8. The standard InChI is InChI=1S/C22H16ClFN2O4S/c23-15-4-3-5-17(12-15)29-13-20-26-21(14-8-10-16(24)11-9-14)22(30-20)18-6-1-2-7-19(18)31(25,27)28/h1-12H,13H2,(H2,25,27,28). The molecule has 0 aliphatic heterocycles. The maximum absolute atomic E-state index is 13.4. The minimum absolute atomic E-state index is 0.0356. The molecule has 0 amide bonds. The van der Waals surface area contributed by atoms with Crippen molar-refractivity contribution in [3.63, 3.8) is 0 Å². The quantitative estimate of drug-likeness (QED) is 0.437. The predicted molar refractivity (Wildman–Crippen MR) is 114 cm³/mol. The number of nitrogens with two attached hydrogens (primary N) is 1. The molecule has 0 radical (unpaired) electrons. The fraction of sp³-hybridized carbons (Fsp3) is 0.0455. The average molecular weight is 459 g/mol. The van der Waals surface area contributed by atoms with Crippen molar-refractivity contribution < 1.29 is 22.0 Å². The third kappa shape index (κ3) is 4.77. The van der Waals surface area contributed by atoms with E-state index in [-0.39, 0.29) is 28.7 Å². The maximum atomic E-state index is 13.4. The van der Waals surface area contributed by atoms with Gasteiger partial charge in [-0.1, -0.05) is 29.8 Å². The summed E-state index contributed by atoms with van der Waals surface area (Å²) < 4.78 is 49.2. The van der Waals surface area contributed by atoms with Gasteiger partial charge in [0.05, 0.1) is 4.90 Å². The topological polar surface area (TPSA) is 95.4 Å². The van der Waals surface area contributed by atoms with Crippen LogP contribution in [-0.2, 0) is 16.6 Å². The molecule has 4 rings (SSSR count). The normalized spacial score (nSPS) is 11.5. The number of benzene rings is 3. The lowest BCUT2D eigenvalue weighted by Gasteiger charge is -2.07. The molecule has 0 fully saturated rings. The van der Waals surface area contributed by atoms with Crippen LogP contribution >= 0.6 is 11.6 Å². The lowest BCUT2D eigenvalue weighted by molar-refractivity contribution is 0.264. The molecule has 31 heavy (non-hydrogen) atoms. The van der Waals surface area contributed by atoms with Crippen molar-refractivity contribution in [3.05, 3.63) is 89.5 Å². The van der Waals surface area contributed by atoms with Crippen LogP contribution in [0, 0.1) is 5.82 Å². The number of rotatable bonds is 6. The zero-order valence-electron chi connectivity index (χ0n) is 16.0. The van der Waals surface area contributed by atoms with Gasteiger partial charge in [-0.15, -0.1) is 0 Å². The molecule has 0 unspecified atom stereocenters. The lowest BCUT2D eigenvalue weighted by Crippen LogP contribution is -2.13. The highest BCUT2D eigenvalue weighted by Gasteiger charge is 2.23. The fourth-order valence-electron chi connectivity index (χ4n) is 3.02. The van der Waals surface area contributed by atoms with Crippen LogP contribution in [0.2, 0.25) is 5.02 Å². The fourth-order valence-corrected chi connectivity index (χ4v) is 3.93. The van der Waals surface area contributed by atoms with Gasteiger partial charge < -0.3 is 9.15 Å². The first-order valence-corrected chi connectivity index (χ1v) is 11.0. The summed E-state index contributed by atoms with van der Waals surface area (Å²) in [6, 6.07) is 18.6. The van der Waals surface area contributed by atoms with E-state index in [1.165, 1.54) is 30.3 Å². The van der Waals surface area contributed by atoms with E-state index in [0.29, 0.717) is 22.0 Å². The van der Waals surface area contributed by atoms with Crippen LogP contribution in [0.15, 0.2) is 82.1 Å². The number of nitrogens with zero attached hydrogens (tertiary/aromatic N) is 1. The molecule has 0 aliphatic rings. The third-order valence-corrected chi connectivity index (χ3v) is 5.59. The number of sulfonamides is 1. The highest BCUT2D eigenvalue weighted by atomic mass is 35.5. The Kier molecular flexibility index (Phi) is 5.77. The Labute approximate surface area is 183 Å². The predicted octanol–water partition coefficient (Wildman–Crippen LogP) is 5.03. The molecule has 1 heterocycles. The highest BCUT2D eigenvalue weighted by Crippen LogP contribution is 2.36. The Morgan fingerprint density at radius 1 is 1.03 bits per heavy atom. The first-order valence-electron chi connectivity index (χ1n) is 9.07. The minimum Gasteiger partial charge on any atom is -0.484 e. The SMILES string of the molecule is NS(=O)(=O)c1ccccc1-c1oc(COc2cccc(Cl)c2)nc1-c1ccc(F)cc1. The number of halogens is 2. The average Bonchev–Trinajstić information content (AvgIpc) is 3.16. The number of primary sulfonamides is 1. The molecule has 0 spiro atoms. The Morgan fingerprint density at radius 2 is 1.77 bits per heavy atom. The monoisotopic (exact) mass is 458 g/mol. The van der Waals surface area contributed by atoms with Gasteiger partial charge in [0, 0.05) is 16.1 Å². The Balaban J connectivity index is 1.79. The largest absolute Gasteiger partial charge is 0.484 e. The summed E-state index contributed by atoms with van der Waals surface area (Å²) in [5.41, 5.74) is 1.12. The second-order valence-corrected chi connectivity index (χ2v) is 8.55. The van der Waals surface area contributed by atoms with E-state index in [4.69, 9.17) is 25.9 Å². The van der Waals surface area contributed by atoms with Crippen molar-refractivity contribution in [2.75, 3.05) is 0 Å². The molecule has 0 aliphatic carbocycles. The van der Waals surface area contributed by atoms with Crippen LogP contribution < -0.4 is 9.88 Å². The summed E-state index contributed by atoms with van der Waals surface area (Å²) in [7, 11) is -4.03. The molecule has 1 aromatic heterocycles. The number of hydrogen-bond donors (Lipinski definition) is 1. The van der Waals surface area contributed by atoms with Crippen molar-refractivity contribution in [1.29, 1.82) is 0 Å². The lowest BCUT2D eigenvalue weighted by atomic mass is 10.1. The van der Waals surface area contributed by atoms with E-state index in [1.807, 2.05) is 0 Å². The summed E-state index contributed by atoms with van der Waals surface area (Å²) >= 11 is 5.97. The minimum atomic E-state index is -4.03. The number of aromatic nitrogens is 1. The summed E-state index contributed by atoms with van der Waals surface area (Å²) in [6.45, 7) is -0.0356. The molecule has 0 bridgehead atoms. The van der Waals surface area contributed by atoms with Gasteiger partial charge in [0.2, 0.25) is 15.9 Å². The van der Waals surface area contributed by atoms with Gasteiger partial charge in [-0.2, -0.15) is 0 Å². The van der Waals surface area contributed by atoms with Gasteiger partial charge in [-0.25, -0.2) is 22.9 Å². The maximum Gasteiger partial charge on any atom is 0.238 e. The van der Waals surface area contributed by atoms with Crippen LogP contribution in [0.1, 0.15) is 5.89 Å². The molecule has 0 saturated carbocycles. The van der Waals surface area contributed by atoms with E-state index >= 15 is 0 Å². The van der Waals surface area contributed by atoms with Gasteiger partial charge in [-0.05, 0) is 54.6 Å². The molecule has 9 heteroatoms. The van der Waals surface area contributed by atoms with E-state index in [0.717, 1.165) is 0 Å². The van der Waals surface area contributed by atoms with Crippen LogP contribution in [0.5, 0.6) is 5.75 Å². The second-order valence-electron chi connectivity index (χ2n) is 6.58. The van der Waals surface area contributed by atoms with Crippen LogP contribution in [0.3, 0.4) is 0 Å². The van der Waals surface area contributed by atoms with E-state index in [9.17, 15) is 12.8 Å². The summed E-state index contributed by atoms with van der Waals surface area (Å²) in [5.74, 6) is 0.475. The van der Waals surface area contributed by atoms with Gasteiger partial charge in [0.15, 0.2) is 12.4 Å². The van der Waals surface area contributed by atoms with Crippen molar-refractivity contribution in [2.24, 2.45) is 5.14 Å². The molecule has 0 saturated heterocycles. The molecule has 4 aromatic rings. The Hall–Kier alpha value is -3.20. The molecule has 6 nitrogen and oxygen atoms in total. The van der Waals surface area contributed by atoms with Crippen LogP contribution in [-0.4, -0.2) is 13.4 Å². The zero-order valence-corrected chi connectivity index (χ0v) is 17.5. The smallest absolute Gasteiger partial charge is 0.238 e. The van der Waals surface area contributed by atoms with Gasteiger partial charge in [-0.3, -0.25) is 0 Å². The van der Waals surface area contributed by atoms with Crippen molar-refractivity contribution in [3.8, 4) is 28.3 Å². The molecule has 3 aromatic carbocycles. The number of hydrogen-bond acceptors (Lipinski definition) is 5. The van der Waals surface area contributed by atoms with Crippen molar-refractivity contribution >= 4 is 21.6 Å². The molecule has 0 atom stereocenters. The summed E-state index contributed by atoms with van der Waals surface area (Å²) in [4.78, 5) is 4.35. The Morgan fingerprint density at radius 3 is 2.48 bits per heavy atom. The highest BCUT2D eigenvalue weighted by molar-refractivity contribution is 7.89. The van der Waals surface area contributed by atoms with Crippen molar-refractivity contribution in [1.82, 2.24) is 4.98 Å². The Bertz CT molecular complexity index is 1340. The summed E-state index contributed by atoms with van der Waals surface area (Å²) in [5, 5.41) is 5.90. The van der Waals surface area contributed by atoms with Crippen molar-refractivity contribution in [2.45, 2.75) is 11.5 Å². The van der Waals surface area contributed by atoms with E-state index in [2.05, 4.69) is 4.98 Å². The van der Waals surface area contributed by atoms with Gasteiger partial charge in [0.25, 0.3) is 0 Å². The third-order valence-electron chi connectivity index (χ3n) is 4.39.